The topological polar surface area (TPSA) is 75.1 Å². The van der Waals surface area contributed by atoms with Crippen LogP contribution in [0.5, 0.6) is 0 Å². The van der Waals surface area contributed by atoms with Crippen molar-refractivity contribution < 1.29 is 14.7 Å². The summed E-state index contributed by atoms with van der Waals surface area (Å²) >= 11 is 0. The summed E-state index contributed by atoms with van der Waals surface area (Å²) in [5, 5.41) is 20.4. The van der Waals surface area contributed by atoms with E-state index in [1.807, 2.05) is 48.5 Å². The van der Waals surface area contributed by atoms with Gasteiger partial charge in [-0.2, -0.15) is 0 Å². The first-order valence-corrected chi connectivity index (χ1v) is 9.32. The highest BCUT2D eigenvalue weighted by Crippen LogP contribution is 2.24. The van der Waals surface area contributed by atoms with Crippen LogP contribution < -0.4 is 10.6 Å². The molecule has 0 spiro atoms. The van der Waals surface area contributed by atoms with E-state index in [-0.39, 0.29) is 5.41 Å². The smallest absolute Gasteiger partial charge is 0.106 e. The lowest BCUT2D eigenvalue weighted by Gasteiger charge is -2.31. The maximum absolute atomic E-state index is 10.3. The molecule has 0 aliphatic carbocycles. The predicted molar refractivity (Wildman–Crippen MR) is 113 cm³/mol. The molecule has 0 heterocycles. The van der Waals surface area contributed by atoms with Gasteiger partial charge in [-0.3, -0.25) is 0 Å². The van der Waals surface area contributed by atoms with Crippen molar-refractivity contribution in [2.24, 2.45) is 10.6 Å². The molecule has 156 valence electrons. The van der Waals surface area contributed by atoms with Crippen LogP contribution in [0, 0.1) is 5.41 Å². The number of aliphatic hydroxyl groups excluding tert-OH is 1. The van der Waals surface area contributed by atoms with Crippen molar-refractivity contribution in [1.82, 2.24) is 10.6 Å². The molecule has 1 atom stereocenters. The summed E-state index contributed by atoms with van der Waals surface area (Å²) in [4.78, 5) is 4.68. The minimum atomic E-state index is -0.676. The molecule has 6 heteroatoms. The molecule has 26 heavy (non-hydrogen) atoms. The Hall–Kier alpha value is -1.53. The minimum Gasteiger partial charge on any atom is -0.399 e. The molecule has 0 aromatic rings. The average Bonchev–Trinajstić information content (AvgIpc) is 2.62. The fourth-order valence-corrected chi connectivity index (χ4v) is 1.92. The monoisotopic (exact) mass is 373 g/mol. The Bertz CT molecular complexity index is 394. The maximum Gasteiger partial charge on any atom is 0.106 e. The van der Waals surface area contributed by atoms with Gasteiger partial charge in [0.2, 0.25) is 0 Å². The summed E-state index contributed by atoms with van der Waals surface area (Å²) < 4.78 is 5.12. The number of hydrogen-bond donors (Lipinski definition) is 3. The first kappa shape index (κ1) is 29.2. The quantitative estimate of drug-likeness (QED) is 0.359. The van der Waals surface area contributed by atoms with Crippen molar-refractivity contribution >= 4 is 5.71 Å². The lowest BCUT2D eigenvalue weighted by atomic mass is 9.86. The van der Waals surface area contributed by atoms with Gasteiger partial charge in [0.15, 0.2) is 0 Å². The van der Waals surface area contributed by atoms with Gasteiger partial charge in [0.25, 0.3) is 0 Å². The molecule has 0 aromatic carbocycles. The van der Waals surface area contributed by atoms with Gasteiger partial charge >= 0.3 is 0 Å². The first-order valence-electron chi connectivity index (χ1n) is 9.32. The van der Waals surface area contributed by atoms with E-state index in [2.05, 4.69) is 33.8 Å². The third-order valence-corrected chi connectivity index (χ3v) is 3.21. The third kappa shape index (κ3) is 14.8. The van der Waals surface area contributed by atoms with Gasteiger partial charge in [-0.05, 0) is 6.92 Å². The van der Waals surface area contributed by atoms with Gasteiger partial charge in [-0.1, -0.05) is 59.9 Å². The molecule has 0 fully saturated rings. The summed E-state index contributed by atoms with van der Waals surface area (Å²) in [6.07, 6.45) is 0.0428. The Morgan fingerprint density at radius 3 is 2.12 bits per heavy atom. The van der Waals surface area contributed by atoms with Crippen LogP contribution >= 0.6 is 0 Å². The van der Waals surface area contributed by atoms with Crippen LogP contribution in [0.2, 0.25) is 0 Å². The molecule has 0 saturated carbocycles. The second-order valence-corrected chi connectivity index (χ2v) is 5.99. The summed E-state index contributed by atoms with van der Waals surface area (Å²) in [6, 6.07) is 0. The Labute approximate surface area is 161 Å². The molecule has 3 N–H and O–H groups in total. The molecule has 1 unspecified atom stereocenters. The molecule has 0 aliphatic rings. The number of hydrogen-bond acceptors (Lipinski definition) is 6. The number of rotatable bonds is 12. The standard InChI is InChI=1S/C16H31N3O3.2C2H6/c1-12(18-10-13(2)19-22-7)8-9-17-14(3)15(20)16(4,5)11-21-6;2*1-2/h15,17-18,20H,1,3,8-11H2,2,4-7H3;2*1-2H3/b19-13+;;. The fourth-order valence-electron chi connectivity index (χ4n) is 1.92. The van der Waals surface area contributed by atoms with E-state index in [1.54, 1.807) is 7.11 Å². The van der Waals surface area contributed by atoms with Crippen molar-refractivity contribution in [3.05, 3.63) is 24.6 Å². The molecule has 0 radical (unpaired) electrons. The van der Waals surface area contributed by atoms with Gasteiger partial charge in [-0.25, -0.2) is 0 Å². The highest BCUT2D eigenvalue weighted by atomic mass is 16.6. The highest BCUT2D eigenvalue weighted by molar-refractivity contribution is 5.83. The number of aliphatic hydroxyl groups is 1. The zero-order valence-electron chi connectivity index (χ0n) is 18.5. The Morgan fingerprint density at radius 2 is 1.65 bits per heavy atom. The molecule has 6 nitrogen and oxygen atoms in total. The van der Waals surface area contributed by atoms with Crippen LogP contribution in [-0.2, 0) is 9.57 Å². The zero-order chi connectivity index (χ0) is 21.2. The van der Waals surface area contributed by atoms with E-state index >= 15 is 0 Å². The van der Waals surface area contributed by atoms with E-state index in [9.17, 15) is 5.11 Å². The molecule has 0 saturated heterocycles. The summed E-state index contributed by atoms with van der Waals surface area (Å²) in [5.74, 6) is 0. The third-order valence-electron chi connectivity index (χ3n) is 3.21. The molecular weight excluding hydrogens is 330 g/mol. The van der Waals surface area contributed by atoms with Crippen molar-refractivity contribution in [2.75, 3.05) is 33.9 Å². The average molecular weight is 374 g/mol. The van der Waals surface area contributed by atoms with Gasteiger partial charge in [0, 0.05) is 36.9 Å². The van der Waals surface area contributed by atoms with Gasteiger partial charge < -0.3 is 25.3 Å². The van der Waals surface area contributed by atoms with Crippen molar-refractivity contribution in [3.8, 4) is 0 Å². The number of nitrogens with zero attached hydrogens (tertiary/aromatic N) is 1. The Balaban J connectivity index is -0.00000123. The highest BCUT2D eigenvalue weighted by Gasteiger charge is 2.29. The fraction of sp³-hybridized carbons (Fsp3) is 0.750. The molecular formula is C20H43N3O3. The zero-order valence-corrected chi connectivity index (χ0v) is 18.5. The largest absolute Gasteiger partial charge is 0.399 e. The number of oxime groups is 1. The van der Waals surface area contributed by atoms with Crippen LogP contribution in [0.1, 0.15) is 54.9 Å². The Morgan fingerprint density at radius 1 is 1.12 bits per heavy atom. The molecule has 0 aromatic heterocycles. The second kappa shape index (κ2) is 18.3. The van der Waals surface area contributed by atoms with Crippen molar-refractivity contribution in [2.45, 2.75) is 61.0 Å². The first-order chi connectivity index (χ1) is 12.2. The summed E-state index contributed by atoms with van der Waals surface area (Å²) in [5.41, 5.74) is 1.93. The molecule has 0 aliphatic heterocycles. The molecule has 0 amide bonds. The van der Waals surface area contributed by atoms with E-state index in [4.69, 9.17) is 4.74 Å². The maximum atomic E-state index is 10.3. The minimum absolute atomic E-state index is 0.387. The van der Waals surface area contributed by atoms with Gasteiger partial charge in [-0.15, -0.1) is 0 Å². The number of nitrogens with one attached hydrogen (secondary N) is 2. The van der Waals surface area contributed by atoms with E-state index < -0.39 is 6.10 Å². The molecule has 0 bridgehead atoms. The van der Waals surface area contributed by atoms with Crippen molar-refractivity contribution in [3.63, 3.8) is 0 Å². The lowest BCUT2D eigenvalue weighted by Crippen LogP contribution is -2.39. The number of ether oxygens (including phenoxy) is 1. The Kier molecular flexibility index (Phi) is 20.5. The predicted octanol–water partition coefficient (Wildman–Crippen LogP) is 3.69. The number of methoxy groups -OCH3 is 1. The van der Waals surface area contributed by atoms with Crippen LogP contribution in [0.25, 0.3) is 0 Å². The van der Waals surface area contributed by atoms with Crippen LogP contribution in [0.3, 0.4) is 0 Å². The summed E-state index contributed by atoms with van der Waals surface area (Å²) in [7, 11) is 3.14. The van der Waals surface area contributed by atoms with Crippen molar-refractivity contribution in [1.29, 1.82) is 0 Å². The normalized spacial score (nSPS) is 11.8. The molecule has 0 rings (SSSR count). The van der Waals surface area contributed by atoms with Crippen LogP contribution in [0.15, 0.2) is 29.7 Å². The SMILES string of the molecule is C=C(CCNC(=C)C(O)C(C)(C)COC)NC/C(C)=N/OC.CC.CC. The van der Waals surface area contributed by atoms with E-state index in [1.165, 1.54) is 7.11 Å². The summed E-state index contributed by atoms with van der Waals surface area (Å²) in [6.45, 7) is 23.3. The van der Waals surface area contributed by atoms with Gasteiger partial charge in [0.1, 0.15) is 13.2 Å². The van der Waals surface area contributed by atoms with Crippen LogP contribution in [-0.4, -0.2) is 50.8 Å². The van der Waals surface area contributed by atoms with E-state index in [0.717, 1.165) is 17.8 Å². The van der Waals surface area contributed by atoms with E-state index in [0.29, 0.717) is 25.4 Å². The van der Waals surface area contributed by atoms with Crippen LogP contribution in [0.4, 0.5) is 0 Å². The van der Waals surface area contributed by atoms with Gasteiger partial charge in [0.05, 0.1) is 18.9 Å². The lowest BCUT2D eigenvalue weighted by molar-refractivity contribution is 0.00881. The second-order valence-electron chi connectivity index (χ2n) is 5.99.